The summed E-state index contributed by atoms with van der Waals surface area (Å²) in [4.78, 5) is 0. The Hall–Kier alpha value is -0.160. The molecule has 104 valence electrons. The highest BCUT2D eigenvalue weighted by molar-refractivity contribution is 4.68. The lowest BCUT2D eigenvalue weighted by molar-refractivity contribution is -1.02. The molecule has 1 heterocycles. The highest BCUT2D eigenvalue weighted by Gasteiger charge is 2.40. The third-order valence-electron chi connectivity index (χ3n) is 4.89. The van der Waals surface area contributed by atoms with Crippen molar-refractivity contribution in [3.63, 3.8) is 0 Å². The van der Waals surface area contributed by atoms with Gasteiger partial charge in [-0.25, -0.2) is 0 Å². The van der Waals surface area contributed by atoms with Gasteiger partial charge in [0.05, 0.1) is 27.2 Å². The zero-order valence-electron chi connectivity index (χ0n) is 11.7. The third kappa shape index (κ3) is 3.91. The Morgan fingerprint density at radius 2 is 1.18 bits per heavy atom. The van der Waals surface area contributed by atoms with Crippen molar-refractivity contribution in [2.75, 3.05) is 47.3 Å². The fourth-order valence-electron chi connectivity index (χ4n) is 3.29. The SMILES string of the molecule is C[N+]1(C)CC[N+](C)(C2CCCCC2)CC1.[OH-].[OH-]. The molecule has 0 amide bonds. The summed E-state index contributed by atoms with van der Waals surface area (Å²) in [6, 6.07) is 0.985. The molecule has 0 aromatic rings. The maximum absolute atomic E-state index is 2.51. The minimum atomic E-state index is 0. The van der Waals surface area contributed by atoms with Gasteiger partial charge in [0.25, 0.3) is 0 Å². The molecule has 2 rings (SSSR count). The normalized spacial score (nSPS) is 27.7. The van der Waals surface area contributed by atoms with E-state index in [0.29, 0.717) is 0 Å². The van der Waals surface area contributed by atoms with E-state index >= 15 is 0 Å². The van der Waals surface area contributed by atoms with Gasteiger partial charge in [-0.05, 0) is 25.7 Å². The average molecular weight is 246 g/mol. The van der Waals surface area contributed by atoms with Crippen molar-refractivity contribution in [1.82, 2.24) is 0 Å². The maximum Gasteiger partial charge on any atom is 0.129 e. The van der Waals surface area contributed by atoms with Crippen molar-refractivity contribution < 1.29 is 19.9 Å². The van der Waals surface area contributed by atoms with Crippen LogP contribution in [-0.4, -0.2) is 73.3 Å². The van der Waals surface area contributed by atoms with Crippen LogP contribution in [-0.2, 0) is 0 Å². The van der Waals surface area contributed by atoms with Crippen LogP contribution in [0.2, 0.25) is 0 Å². The number of piperazine rings is 1. The Bertz CT molecular complexity index is 215. The first-order valence-electron chi connectivity index (χ1n) is 6.68. The van der Waals surface area contributed by atoms with E-state index in [1.54, 1.807) is 0 Å². The van der Waals surface area contributed by atoms with E-state index in [9.17, 15) is 0 Å². The first-order valence-corrected chi connectivity index (χ1v) is 6.68. The Labute approximate surface area is 106 Å². The van der Waals surface area contributed by atoms with Gasteiger partial charge in [0.15, 0.2) is 0 Å². The molecule has 4 heteroatoms. The standard InChI is InChI=1S/C13H28N2.2H2O/c1-14(2)9-11-15(3,12-10-14)13-7-5-4-6-8-13;;/h13H,4-12H2,1-3H3;2*1H2/q+2;;/p-2. The Morgan fingerprint density at radius 3 is 1.65 bits per heavy atom. The summed E-state index contributed by atoms with van der Waals surface area (Å²) in [7, 11) is 7.27. The van der Waals surface area contributed by atoms with Gasteiger partial charge in [-0.1, -0.05) is 6.42 Å². The van der Waals surface area contributed by atoms with Crippen molar-refractivity contribution in [2.24, 2.45) is 0 Å². The molecule has 0 aromatic heterocycles. The van der Waals surface area contributed by atoms with Crippen LogP contribution in [0.15, 0.2) is 0 Å². The topological polar surface area (TPSA) is 60.0 Å². The lowest BCUT2D eigenvalue weighted by atomic mass is 9.92. The number of rotatable bonds is 1. The molecule has 1 aliphatic carbocycles. The molecule has 17 heavy (non-hydrogen) atoms. The Balaban J connectivity index is 0.00000128. The highest BCUT2D eigenvalue weighted by atomic mass is 16.0. The van der Waals surface area contributed by atoms with Gasteiger partial charge in [-0.3, -0.25) is 0 Å². The first-order chi connectivity index (χ1) is 7.02. The van der Waals surface area contributed by atoms with Gasteiger partial charge < -0.3 is 19.9 Å². The first kappa shape index (κ1) is 16.8. The van der Waals surface area contributed by atoms with E-state index in [1.165, 1.54) is 67.2 Å². The van der Waals surface area contributed by atoms with Crippen molar-refractivity contribution in [2.45, 2.75) is 38.1 Å². The zero-order valence-corrected chi connectivity index (χ0v) is 11.7. The van der Waals surface area contributed by atoms with Crippen molar-refractivity contribution in [3.8, 4) is 0 Å². The van der Waals surface area contributed by atoms with Gasteiger partial charge in [0.1, 0.15) is 26.2 Å². The molecule has 4 nitrogen and oxygen atoms in total. The molecule has 1 aliphatic heterocycles. The average Bonchev–Trinajstić information content (AvgIpc) is 2.24. The fraction of sp³-hybridized carbons (Fsp3) is 1.00. The molecule has 1 saturated carbocycles. The molecule has 2 fully saturated rings. The molecule has 0 bridgehead atoms. The minimum Gasteiger partial charge on any atom is -0.870 e. The number of hydrogen-bond acceptors (Lipinski definition) is 2. The van der Waals surface area contributed by atoms with E-state index in [0.717, 1.165) is 6.04 Å². The van der Waals surface area contributed by atoms with E-state index in [-0.39, 0.29) is 11.0 Å². The molecular formula is C13H30N2O2. The van der Waals surface area contributed by atoms with E-state index in [2.05, 4.69) is 21.1 Å². The summed E-state index contributed by atoms with van der Waals surface area (Å²) >= 11 is 0. The lowest BCUT2D eigenvalue weighted by Crippen LogP contribution is -2.66. The number of quaternary nitrogens is 2. The summed E-state index contributed by atoms with van der Waals surface area (Å²) < 4.78 is 2.61. The predicted molar refractivity (Wildman–Crippen MR) is 68.5 cm³/mol. The fourth-order valence-corrected chi connectivity index (χ4v) is 3.29. The van der Waals surface area contributed by atoms with Gasteiger partial charge in [0.2, 0.25) is 0 Å². The number of likely N-dealkylation sites (N-methyl/N-ethyl adjacent to an activating group) is 2. The van der Waals surface area contributed by atoms with E-state index in [1.807, 2.05) is 0 Å². The maximum atomic E-state index is 2.51. The molecular weight excluding hydrogens is 216 g/mol. The predicted octanol–water partition coefficient (Wildman–Crippen LogP) is 1.50. The molecule has 1 saturated heterocycles. The van der Waals surface area contributed by atoms with E-state index < -0.39 is 0 Å². The molecule has 0 radical (unpaired) electrons. The zero-order chi connectivity index (χ0) is 10.9. The molecule has 0 spiro atoms. The smallest absolute Gasteiger partial charge is 0.129 e. The molecule has 0 atom stereocenters. The van der Waals surface area contributed by atoms with Crippen LogP contribution >= 0.6 is 0 Å². The Kier molecular flexibility index (Phi) is 6.08. The second-order valence-corrected chi connectivity index (χ2v) is 6.60. The summed E-state index contributed by atoms with van der Waals surface area (Å²) in [5, 5.41) is 0. The molecule has 2 N–H and O–H groups in total. The minimum absolute atomic E-state index is 0. The number of hydrogen-bond donors (Lipinski definition) is 0. The summed E-state index contributed by atoms with van der Waals surface area (Å²) in [6.07, 6.45) is 7.43. The third-order valence-corrected chi connectivity index (χ3v) is 4.89. The van der Waals surface area contributed by atoms with Crippen molar-refractivity contribution in [1.29, 1.82) is 0 Å². The van der Waals surface area contributed by atoms with Crippen LogP contribution in [0.1, 0.15) is 32.1 Å². The highest BCUT2D eigenvalue weighted by Crippen LogP contribution is 2.29. The lowest BCUT2D eigenvalue weighted by Gasteiger charge is -2.49. The quantitative estimate of drug-likeness (QED) is 0.658. The monoisotopic (exact) mass is 246 g/mol. The van der Waals surface area contributed by atoms with Gasteiger partial charge in [-0.15, -0.1) is 0 Å². The van der Waals surface area contributed by atoms with Crippen molar-refractivity contribution >= 4 is 0 Å². The second-order valence-electron chi connectivity index (χ2n) is 6.60. The van der Waals surface area contributed by atoms with Gasteiger partial charge in [0, 0.05) is 0 Å². The molecule has 0 aromatic carbocycles. The van der Waals surface area contributed by atoms with Crippen LogP contribution in [0.25, 0.3) is 0 Å². The van der Waals surface area contributed by atoms with Gasteiger partial charge >= 0.3 is 0 Å². The number of nitrogens with zero attached hydrogens (tertiary/aromatic N) is 2. The van der Waals surface area contributed by atoms with Crippen molar-refractivity contribution in [3.05, 3.63) is 0 Å². The van der Waals surface area contributed by atoms with Crippen LogP contribution in [0.4, 0.5) is 0 Å². The van der Waals surface area contributed by atoms with Crippen LogP contribution in [0.3, 0.4) is 0 Å². The summed E-state index contributed by atoms with van der Waals surface area (Å²) in [5.74, 6) is 0. The second kappa shape index (κ2) is 6.14. The molecule has 0 unspecified atom stereocenters. The summed E-state index contributed by atoms with van der Waals surface area (Å²) in [6.45, 7) is 5.54. The van der Waals surface area contributed by atoms with Crippen LogP contribution < -0.4 is 0 Å². The van der Waals surface area contributed by atoms with Crippen LogP contribution in [0, 0.1) is 0 Å². The van der Waals surface area contributed by atoms with Gasteiger partial charge in [-0.2, -0.15) is 0 Å². The Morgan fingerprint density at radius 1 is 0.706 bits per heavy atom. The largest absolute Gasteiger partial charge is 0.870 e. The van der Waals surface area contributed by atoms with E-state index in [4.69, 9.17) is 0 Å². The van der Waals surface area contributed by atoms with Crippen LogP contribution in [0.5, 0.6) is 0 Å². The molecule has 2 aliphatic rings. The summed E-state index contributed by atoms with van der Waals surface area (Å²) in [5.41, 5.74) is 0.